The molecule has 1 aliphatic rings. The molecule has 0 N–H and O–H groups in total. The van der Waals surface area contributed by atoms with Crippen LogP contribution in [0.25, 0.3) is 0 Å². The number of rotatable bonds is 6. The first kappa shape index (κ1) is 18.2. The zero-order valence-electron chi connectivity index (χ0n) is 15.2. The number of ether oxygens (including phenoxy) is 1. The maximum atomic E-state index is 12.9. The Bertz CT molecular complexity index is 725. The molecule has 3 rings (SSSR count). The summed E-state index contributed by atoms with van der Waals surface area (Å²) in [6, 6.07) is 14.5. The lowest BCUT2D eigenvalue weighted by Gasteiger charge is -2.36. The summed E-state index contributed by atoms with van der Waals surface area (Å²) in [6.07, 6.45) is 2.12. The maximum Gasteiger partial charge on any atom is 0.222 e. The van der Waals surface area contributed by atoms with Crippen LogP contribution in [0, 0.1) is 5.82 Å². The summed E-state index contributed by atoms with van der Waals surface area (Å²) in [5.74, 6) is 0.844. The fraction of sp³-hybridized carbons (Fsp3) is 0.381. The molecule has 1 saturated heterocycles. The second kappa shape index (κ2) is 8.70. The number of aryl methyl sites for hydroxylation is 1. The molecule has 0 atom stereocenters. The third-order valence-electron chi connectivity index (χ3n) is 4.83. The van der Waals surface area contributed by atoms with E-state index in [4.69, 9.17) is 4.74 Å². The van der Waals surface area contributed by atoms with E-state index in [-0.39, 0.29) is 11.7 Å². The van der Waals surface area contributed by atoms with Crippen LogP contribution in [0.3, 0.4) is 0 Å². The largest absolute Gasteiger partial charge is 0.495 e. The molecular weight excluding hydrogens is 331 g/mol. The highest BCUT2D eigenvalue weighted by Gasteiger charge is 2.22. The molecule has 5 heteroatoms. The maximum absolute atomic E-state index is 12.9. The van der Waals surface area contributed by atoms with Gasteiger partial charge in [-0.2, -0.15) is 0 Å². The average molecular weight is 356 g/mol. The third-order valence-corrected chi connectivity index (χ3v) is 4.83. The van der Waals surface area contributed by atoms with Crippen LogP contribution in [0.5, 0.6) is 5.75 Å². The number of hydrogen-bond acceptors (Lipinski definition) is 3. The molecule has 0 radical (unpaired) electrons. The van der Waals surface area contributed by atoms with Gasteiger partial charge in [-0.25, -0.2) is 4.39 Å². The van der Waals surface area contributed by atoms with Gasteiger partial charge in [-0.05, 0) is 42.7 Å². The first-order valence-electron chi connectivity index (χ1n) is 9.07. The normalized spacial score (nSPS) is 14.4. The van der Waals surface area contributed by atoms with Crippen molar-refractivity contribution in [3.05, 3.63) is 59.9 Å². The lowest BCUT2D eigenvalue weighted by Crippen LogP contribution is -2.48. The zero-order chi connectivity index (χ0) is 18.4. The van der Waals surface area contributed by atoms with Crippen LogP contribution in [0.15, 0.2) is 48.5 Å². The summed E-state index contributed by atoms with van der Waals surface area (Å²) in [5.41, 5.74) is 2.15. The highest BCUT2D eigenvalue weighted by Crippen LogP contribution is 2.28. The number of carbonyl (C=O) groups is 1. The van der Waals surface area contributed by atoms with E-state index < -0.39 is 0 Å². The number of piperazine rings is 1. The molecule has 138 valence electrons. The molecule has 0 saturated carbocycles. The summed E-state index contributed by atoms with van der Waals surface area (Å²) < 4.78 is 18.3. The number of anilines is 1. The molecule has 0 bridgehead atoms. The van der Waals surface area contributed by atoms with Crippen LogP contribution in [-0.2, 0) is 11.2 Å². The second-order valence-corrected chi connectivity index (χ2v) is 6.52. The van der Waals surface area contributed by atoms with E-state index >= 15 is 0 Å². The van der Waals surface area contributed by atoms with Gasteiger partial charge in [0.05, 0.1) is 12.8 Å². The van der Waals surface area contributed by atoms with Crippen molar-refractivity contribution in [1.29, 1.82) is 0 Å². The van der Waals surface area contributed by atoms with E-state index in [1.54, 1.807) is 19.2 Å². The number of halogens is 1. The molecule has 1 amide bonds. The highest BCUT2D eigenvalue weighted by atomic mass is 19.1. The Morgan fingerprint density at radius 2 is 1.73 bits per heavy atom. The molecule has 1 aliphatic heterocycles. The van der Waals surface area contributed by atoms with E-state index in [9.17, 15) is 9.18 Å². The Morgan fingerprint density at radius 1 is 1.04 bits per heavy atom. The predicted octanol–water partition coefficient (Wildman–Crippen LogP) is 3.51. The van der Waals surface area contributed by atoms with Crippen molar-refractivity contribution in [3.63, 3.8) is 0 Å². The number of benzene rings is 2. The third kappa shape index (κ3) is 4.54. The van der Waals surface area contributed by atoms with Gasteiger partial charge in [0.25, 0.3) is 0 Å². The minimum atomic E-state index is -0.224. The fourth-order valence-electron chi connectivity index (χ4n) is 3.34. The van der Waals surface area contributed by atoms with Gasteiger partial charge in [0.1, 0.15) is 11.6 Å². The lowest BCUT2D eigenvalue weighted by atomic mass is 10.1. The molecule has 2 aromatic carbocycles. The predicted molar refractivity (Wildman–Crippen MR) is 101 cm³/mol. The first-order chi connectivity index (χ1) is 12.7. The zero-order valence-corrected chi connectivity index (χ0v) is 15.2. The van der Waals surface area contributed by atoms with Crippen molar-refractivity contribution in [2.75, 3.05) is 38.2 Å². The van der Waals surface area contributed by atoms with Crippen molar-refractivity contribution < 1.29 is 13.9 Å². The van der Waals surface area contributed by atoms with E-state index in [1.165, 1.54) is 12.1 Å². The second-order valence-electron chi connectivity index (χ2n) is 6.52. The summed E-state index contributed by atoms with van der Waals surface area (Å²) in [6.45, 7) is 3.08. The summed E-state index contributed by atoms with van der Waals surface area (Å²) in [4.78, 5) is 16.6. The summed E-state index contributed by atoms with van der Waals surface area (Å²) in [7, 11) is 1.68. The van der Waals surface area contributed by atoms with Crippen LogP contribution in [0.2, 0.25) is 0 Å². The van der Waals surface area contributed by atoms with E-state index in [2.05, 4.69) is 11.0 Å². The van der Waals surface area contributed by atoms with Gasteiger partial charge in [-0.3, -0.25) is 4.79 Å². The smallest absolute Gasteiger partial charge is 0.222 e. The summed E-state index contributed by atoms with van der Waals surface area (Å²) in [5, 5.41) is 0. The Labute approximate surface area is 154 Å². The Balaban J connectivity index is 1.45. The lowest BCUT2D eigenvalue weighted by molar-refractivity contribution is -0.131. The number of amides is 1. The van der Waals surface area contributed by atoms with Crippen molar-refractivity contribution >= 4 is 11.6 Å². The van der Waals surface area contributed by atoms with E-state index in [0.717, 1.165) is 56.0 Å². The minimum absolute atomic E-state index is 0.201. The quantitative estimate of drug-likeness (QED) is 0.794. The number of nitrogens with zero attached hydrogens (tertiary/aromatic N) is 2. The molecule has 4 nitrogen and oxygen atoms in total. The summed E-state index contributed by atoms with van der Waals surface area (Å²) >= 11 is 0. The van der Waals surface area contributed by atoms with Gasteiger partial charge in [0, 0.05) is 32.6 Å². The van der Waals surface area contributed by atoms with Gasteiger partial charge in [-0.15, -0.1) is 0 Å². The number of carbonyl (C=O) groups excluding carboxylic acids is 1. The molecule has 0 unspecified atom stereocenters. The fourth-order valence-corrected chi connectivity index (χ4v) is 3.34. The molecule has 0 aliphatic carbocycles. The van der Waals surface area contributed by atoms with Crippen LogP contribution in [0.1, 0.15) is 18.4 Å². The van der Waals surface area contributed by atoms with Gasteiger partial charge in [0.15, 0.2) is 0 Å². The molecule has 1 heterocycles. The van der Waals surface area contributed by atoms with Crippen molar-refractivity contribution in [2.24, 2.45) is 0 Å². The SMILES string of the molecule is COc1ccccc1N1CCN(C(=O)CCCc2ccc(F)cc2)CC1. The van der Waals surface area contributed by atoms with Gasteiger partial charge in [-0.1, -0.05) is 24.3 Å². The van der Waals surface area contributed by atoms with Gasteiger partial charge < -0.3 is 14.5 Å². The Morgan fingerprint density at radius 3 is 2.42 bits per heavy atom. The topological polar surface area (TPSA) is 32.8 Å². The Hall–Kier alpha value is -2.56. The van der Waals surface area contributed by atoms with E-state index in [1.807, 2.05) is 23.1 Å². The first-order valence-corrected chi connectivity index (χ1v) is 9.07. The molecule has 1 fully saturated rings. The molecule has 26 heavy (non-hydrogen) atoms. The number of para-hydroxylation sites is 2. The van der Waals surface area contributed by atoms with E-state index in [0.29, 0.717) is 6.42 Å². The molecule has 2 aromatic rings. The van der Waals surface area contributed by atoms with Gasteiger partial charge >= 0.3 is 0 Å². The highest BCUT2D eigenvalue weighted by molar-refractivity contribution is 5.76. The van der Waals surface area contributed by atoms with Gasteiger partial charge in [0.2, 0.25) is 5.91 Å². The van der Waals surface area contributed by atoms with Crippen molar-refractivity contribution in [2.45, 2.75) is 19.3 Å². The number of methoxy groups -OCH3 is 1. The van der Waals surface area contributed by atoms with Crippen LogP contribution in [-0.4, -0.2) is 44.1 Å². The van der Waals surface area contributed by atoms with Crippen molar-refractivity contribution in [3.8, 4) is 5.75 Å². The standard InChI is InChI=1S/C21H25FN2O2/c1-26-20-7-3-2-6-19(20)23-13-15-24(16-14-23)21(25)8-4-5-17-9-11-18(22)12-10-17/h2-3,6-7,9-12H,4-5,8,13-16H2,1H3. The van der Waals surface area contributed by atoms with Crippen LogP contribution < -0.4 is 9.64 Å². The monoisotopic (exact) mass is 356 g/mol. The Kier molecular flexibility index (Phi) is 6.10. The average Bonchev–Trinajstić information content (AvgIpc) is 2.69. The van der Waals surface area contributed by atoms with Crippen molar-refractivity contribution in [1.82, 2.24) is 4.90 Å². The molecule has 0 aromatic heterocycles. The molecular formula is C21H25FN2O2. The van der Waals surface area contributed by atoms with Crippen LogP contribution in [0.4, 0.5) is 10.1 Å². The molecule has 0 spiro atoms. The number of hydrogen-bond donors (Lipinski definition) is 0. The minimum Gasteiger partial charge on any atom is -0.495 e. The van der Waals surface area contributed by atoms with Crippen LogP contribution >= 0.6 is 0 Å².